The average molecular weight is 287 g/mol. The summed E-state index contributed by atoms with van der Waals surface area (Å²) in [6.45, 7) is 0.970. The maximum absolute atomic E-state index is 11.7. The van der Waals surface area contributed by atoms with E-state index in [4.69, 9.17) is 15.2 Å². The van der Waals surface area contributed by atoms with Gasteiger partial charge in [0.15, 0.2) is 0 Å². The fraction of sp³-hybridized carbons (Fsp3) is 0.462. The second-order valence-corrected chi connectivity index (χ2v) is 4.33. The highest BCUT2D eigenvalue weighted by molar-refractivity contribution is 5.94. The van der Waals surface area contributed by atoms with Gasteiger partial charge in [-0.15, -0.1) is 12.4 Å². The van der Waals surface area contributed by atoms with E-state index < -0.39 is 6.04 Å². The molecule has 0 fully saturated rings. The molecule has 0 bridgehead atoms. The van der Waals surface area contributed by atoms with Crippen LogP contribution in [-0.4, -0.2) is 32.3 Å². The lowest BCUT2D eigenvalue weighted by atomic mass is 10.1. The molecule has 1 unspecified atom stereocenters. The number of benzene rings is 1. The summed E-state index contributed by atoms with van der Waals surface area (Å²) in [7, 11) is 1.52. The maximum atomic E-state index is 11.7. The van der Waals surface area contributed by atoms with Gasteiger partial charge in [-0.2, -0.15) is 0 Å². The molecule has 1 heterocycles. The Balaban J connectivity index is 0.00000180. The molecule has 106 valence electrons. The van der Waals surface area contributed by atoms with Crippen LogP contribution in [0.5, 0.6) is 5.75 Å². The fourth-order valence-electron chi connectivity index (χ4n) is 1.93. The van der Waals surface area contributed by atoms with Gasteiger partial charge in [-0.05, 0) is 36.6 Å². The summed E-state index contributed by atoms with van der Waals surface area (Å²) in [6.07, 6.45) is 1.98. The molecule has 1 atom stereocenters. The van der Waals surface area contributed by atoms with Crippen molar-refractivity contribution in [2.75, 3.05) is 25.6 Å². The van der Waals surface area contributed by atoms with Crippen LogP contribution in [0.4, 0.5) is 5.69 Å². The number of amides is 1. The number of hydrogen-bond donors (Lipinski definition) is 2. The van der Waals surface area contributed by atoms with Crippen molar-refractivity contribution in [2.45, 2.75) is 18.9 Å². The summed E-state index contributed by atoms with van der Waals surface area (Å²) in [5, 5.41) is 2.78. The average Bonchev–Trinajstić information content (AvgIpc) is 2.39. The minimum atomic E-state index is -0.651. The maximum Gasteiger partial charge on any atom is 0.243 e. The Bertz CT molecular complexity index is 440. The van der Waals surface area contributed by atoms with E-state index in [0.717, 1.165) is 36.4 Å². The van der Waals surface area contributed by atoms with Crippen molar-refractivity contribution >= 4 is 24.0 Å². The van der Waals surface area contributed by atoms with Gasteiger partial charge in [-0.3, -0.25) is 4.79 Å². The van der Waals surface area contributed by atoms with Gasteiger partial charge in [0.25, 0.3) is 0 Å². The van der Waals surface area contributed by atoms with Crippen LogP contribution in [0.3, 0.4) is 0 Å². The van der Waals surface area contributed by atoms with E-state index in [0.29, 0.717) is 0 Å². The molecule has 0 saturated heterocycles. The number of carbonyl (C=O) groups is 1. The number of methoxy groups -OCH3 is 1. The molecule has 1 aromatic rings. The smallest absolute Gasteiger partial charge is 0.243 e. The first kappa shape index (κ1) is 15.8. The highest BCUT2D eigenvalue weighted by Crippen LogP contribution is 2.27. The number of anilines is 1. The van der Waals surface area contributed by atoms with Crippen molar-refractivity contribution in [1.82, 2.24) is 0 Å². The first-order chi connectivity index (χ1) is 8.70. The predicted octanol–water partition coefficient (Wildman–Crippen LogP) is 1.35. The number of nitrogens with one attached hydrogen (secondary N) is 1. The van der Waals surface area contributed by atoms with Gasteiger partial charge in [0.1, 0.15) is 11.8 Å². The van der Waals surface area contributed by atoms with Crippen LogP contribution in [0.1, 0.15) is 12.0 Å². The normalized spacial score (nSPS) is 14.6. The minimum Gasteiger partial charge on any atom is -0.493 e. The van der Waals surface area contributed by atoms with Crippen molar-refractivity contribution in [1.29, 1.82) is 0 Å². The molecule has 6 heteroatoms. The Hall–Kier alpha value is -1.30. The van der Waals surface area contributed by atoms with Crippen LogP contribution < -0.4 is 15.8 Å². The number of hydrogen-bond acceptors (Lipinski definition) is 4. The van der Waals surface area contributed by atoms with Gasteiger partial charge in [0, 0.05) is 12.8 Å². The van der Waals surface area contributed by atoms with Crippen LogP contribution in [0, 0.1) is 0 Å². The molecule has 0 radical (unpaired) electrons. The molecule has 0 aromatic heterocycles. The Morgan fingerprint density at radius 2 is 2.37 bits per heavy atom. The standard InChI is InChI=1S/C13H18N2O3.ClH/c1-17-8-11(14)13(16)15-10-4-5-12-9(7-10)3-2-6-18-12;/h4-5,7,11H,2-3,6,8,14H2,1H3,(H,15,16);1H. The summed E-state index contributed by atoms with van der Waals surface area (Å²) < 4.78 is 10.4. The molecule has 5 nitrogen and oxygen atoms in total. The van der Waals surface area contributed by atoms with Crippen molar-refractivity contribution in [3.05, 3.63) is 23.8 Å². The van der Waals surface area contributed by atoms with Crippen LogP contribution in [0.2, 0.25) is 0 Å². The summed E-state index contributed by atoms with van der Waals surface area (Å²) in [4.78, 5) is 11.7. The number of aryl methyl sites for hydroxylation is 1. The highest BCUT2D eigenvalue weighted by atomic mass is 35.5. The van der Waals surface area contributed by atoms with Gasteiger partial charge < -0.3 is 20.5 Å². The largest absolute Gasteiger partial charge is 0.493 e. The molecule has 0 saturated carbocycles. The summed E-state index contributed by atoms with van der Waals surface area (Å²) in [6, 6.07) is 4.99. The van der Waals surface area contributed by atoms with E-state index in [1.165, 1.54) is 7.11 Å². The molecule has 2 rings (SSSR count). The Labute approximate surface area is 118 Å². The second-order valence-electron chi connectivity index (χ2n) is 4.33. The van der Waals surface area contributed by atoms with Crippen LogP contribution >= 0.6 is 12.4 Å². The summed E-state index contributed by atoms with van der Waals surface area (Å²) in [5.41, 5.74) is 7.52. The van der Waals surface area contributed by atoms with Crippen LogP contribution in [0.15, 0.2) is 18.2 Å². The number of nitrogens with two attached hydrogens (primary N) is 1. The molecule has 1 aliphatic rings. The van der Waals surface area contributed by atoms with Crippen molar-refractivity contribution in [3.63, 3.8) is 0 Å². The van der Waals surface area contributed by atoms with Crippen LogP contribution in [0.25, 0.3) is 0 Å². The van der Waals surface area contributed by atoms with E-state index in [2.05, 4.69) is 5.32 Å². The monoisotopic (exact) mass is 286 g/mol. The molecule has 1 amide bonds. The molecule has 0 spiro atoms. The fourth-order valence-corrected chi connectivity index (χ4v) is 1.93. The van der Waals surface area contributed by atoms with Crippen LogP contribution in [-0.2, 0) is 16.0 Å². The zero-order valence-corrected chi connectivity index (χ0v) is 11.7. The third-order valence-electron chi connectivity index (χ3n) is 2.86. The van der Waals surface area contributed by atoms with Gasteiger partial charge >= 0.3 is 0 Å². The molecule has 3 N–H and O–H groups in total. The molecular weight excluding hydrogens is 268 g/mol. The van der Waals surface area contributed by atoms with E-state index in [1.54, 1.807) is 0 Å². The first-order valence-corrected chi connectivity index (χ1v) is 6.02. The third-order valence-corrected chi connectivity index (χ3v) is 2.86. The lowest BCUT2D eigenvalue weighted by molar-refractivity contribution is -0.118. The molecule has 1 aliphatic heterocycles. The topological polar surface area (TPSA) is 73.6 Å². The van der Waals surface area contributed by atoms with Crippen molar-refractivity contribution in [2.24, 2.45) is 5.73 Å². The van der Waals surface area contributed by atoms with Gasteiger partial charge in [0.2, 0.25) is 5.91 Å². The highest BCUT2D eigenvalue weighted by Gasteiger charge is 2.15. The Kier molecular flexibility index (Phi) is 6.08. The van der Waals surface area contributed by atoms with E-state index in [1.807, 2.05) is 18.2 Å². The minimum absolute atomic E-state index is 0. The lowest BCUT2D eigenvalue weighted by Gasteiger charge is -2.18. The van der Waals surface area contributed by atoms with Gasteiger partial charge in [0.05, 0.1) is 13.2 Å². The zero-order valence-electron chi connectivity index (χ0n) is 10.8. The summed E-state index contributed by atoms with van der Waals surface area (Å²) in [5.74, 6) is 0.661. The number of rotatable bonds is 4. The van der Waals surface area contributed by atoms with Gasteiger partial charge in [-0.25, -0.2) is 0 Å². The molecule has 0 aliphatic carbocycles. The van der Waals surface area contributed by atoms with Crippen molar-refractivity contribution in [3.8, 4) is 5.75 Å². The number of fused-ring (bicyclic) bond motifs is 1. The quantitative estimate of drug-likeness (QED) is 0.876. The molecule has 1 aromatic carbocycles. The third kappa shape index (κ3) is 4.09. The van der Waals surface area contributed by atoms with Crippen molar-refractivity contribution < 1.29 is 14.3 Å². The Morgan fingerprint density at radius 3 is 3.11 bits per heavy atom. The summed E-state index contributed by atoms with van der Waals surface area (Å²) >= 11 is 0. The Morgan fingerprint density at radius 1 is 1.58 bits per heavy atom. The van der Waals surface area contributed by atoms with E-state index in [9.17, 15) is 4.79 Å². The first-order valence-electron chi connectivity index (χ1n) is 6.02. The van der Waals surface area contributed by atoms with E-state index >= 15 is 0 Å². The lowest BCUT2D eigenvalue weighted by Crippen LogP contribution is -2.39. The number of ether oxygens (including phenoxy) is 2. The number of halogens is 1. The second kappa shape index (κ2) is 7.33. The van der Waals surface area contributed by atoms with E-state index in [-0.39, 0.29) is 24.9 Å². The molecular formula is C13H19ClN2O3. The zero-order chi connectivity index (χ0) is 13.0. The number of carbonyl (C=O) groups excluding carboxylic acids is 1. The SMILES string of the molecule is COCC(N)C(=O)Nc1ccc2c(c1)CCCO2.Cl. The predicted molar refractivity (Wildman–Crippen MR) is 76.0 cm³/mol. The molecule has 19 heavy (non-hydrogen) atoms. The van der Waals surface area contributed by atoms with Gasteiger partial charge in [-0.1, -0.05) is 0 Å².